The van der Waals surface area contributed by atoms with E-state index in [1.165, 1.54) is 6.07 Å². The van der Waals surface area contributed by atoms with Crippen LogP contribution in [0.2, 0.25) is 0 Å². The quantitative estimate of drug-likeness (QED) is 0.430. The van der Waals surface area contributed by atoms with Crippen LogP contribution in [0.1, 0.15) is 0 Å². The number of anilines is 1. The van der Waals surface area contributed by atoms with Gasteiger partial charge in [0.05, 0.1) is 11.4 Å². The summed E-state index contributed by atoms with van der Waals surface area (Å²) >= 11 is 0. The Morgan fingerprint density at radius 3 is 2.33 bits per heavy atom. The van der Waals surface area contributed by atoms with Crippen molar-refractivity contribution in [2.75, 3.05) is 5.73 Å². The first-order valence-electron chi connectivity index (χ1n) is 5.39. The van der Waals surface area contributed by atoms with Crippen molar-refractivity contribution in [1.82, 2.24) is 0 Å². The Bertz CT molecular complexity index is 559. The predicted octanol–water partition coefficient (Wildman–Crippen LogP) is 1.36. The molecule has 4 N–H and O–H groups in total. The Balaban J connectivity index is 2.32. The average Bonchev–Trinajstić information content (AvgIpc) is 2.38. The van der Waals surface area contributed by atoms with Crippen molar-refractivity contribution in [1.29, 1.82) is 0 Å². The standard InChI is InChI=1S/C12H12BN3O2/c14-9-6-7-12(11(8-9)13(17)18)16-15-10-4-2-1-3-5-10/h1-8,17-18H,14H2. The van der Waals surface area contributed by atoms with Crippen LogP contribution in [0, 0.1) is 0 Å². The minimum atomic E-state index is -1.63. The minimum Gasteiger partial charge on any atom is -0.423 e. The van der Waals surface area contributed by atoms with E-state index in [0.717, 1.165) is 0 Å². The fourth-order valence-electron chi connectivity index (χ4n) is 1.48. The van der Waals surface area contributed by atoms with Crippen molar-refractivity contribution < 1.29 is 10.0 Å². The van der Waals surface area contributed by atoms with Crippen molar-refractivity contribution in [2.45, 2.75) is 0 Å². The molecule has 0 bridgehead atoms. The molecule has 0 radical (unpaired) electrons. The number of hydrogen-bond acceptors (Lipinski definition) is 5. The van der Waals surface area contributed by atoms with Gasteiger partial charge in [0.1, 0.15) is 0 Å². The van der Waals surface area contributed by atoms with Gasteiger partial charge >= 0.3 is 7.12 Å². The molecule has 0 atom stereocenters. The van der Waals surface area contributed by atoms with Crippen LogP contribution in [0.3, 0.4) is 0 Å². The number of rotatable bonds is 3. The monoisotopic (exact) mass is 241 g/mol. The topological polar surface area (TPSA) is 91.2 Å². The number of hydrogen-bond donors (Lipinski definition) is 3. The number of azo groups is 1. The van der Waals surface area contributed by atoms with Crippen LogP contribution in [-0.2, 0) is 0 Å². The summed E-state index contributed by atoms with van der Waals surface area (Å²) in [7, 11) is -1.63. The van der Waals surface area contributed by atoms with Crippen LogP contribution in [-0.4, -0.2) is 17.2 Å². The van der Waals surface area contributed by atoms with E-state index in [1.807, 2.05) is 18.2 Å². The summed E-state index contributed by atoms with van der Waals surface area (Å²) in [4.78, 5) is 0. The lowest BCUT2D eigenvalue weighted by molar-refractivity contribution is 0.426. The maximum atomic E-state index is 9.22. The zero-order valence-electron chi connectivity index (χ0n) is 9.56. The molecular formula is C12H12BN3O2. The second-order valence-corrected chi connectivity index (χ2v) is 3.73. The lowest BCUT2D eigenvalue weighted by Gasteiger charge is -2.04. The third-order valence-corrected chi connectivity index (χ3v) is 2.36. The Hall–Kier alpha value is -2.18. The van der Waals surface area contributed by atoms with Gasteiger partial charge in [-0.3, -0.25) is 0 Å². The second-order valence-electron chi connectivity index (χ2n) is 3.73. The van der Waals surface area contributed by atoms with Crippen molar-refractivity contribution in [3.8, 4) is 0 Å². The van der Waals surface area contributed by atoms with Crippen molar-refractivity contribution >= 4 is 29.6 Å². The molecule has 0 heterocycles. The highest BCUT2D eigenvalue weighted by Gasteiger charge is 2.16. The van der Waals surface area contributed by atoms with E-state index in [1.54, 1.807) is 24.3 Å². The lowest BCUT2D eigenvalue weighted by Crippen LogP contribution is -2.30. The van der Waals surface area contributed by atoms with Gasteiger partial charge in [-0.15, -0.1) is 0 Å². The maximum Gasteiger partial charge on any atom is 0.490 e. The molecule has 2 aromatic rings. The molecule has 0 aliphatic rings. The highest BCUT2D eigenvalue weighted by molar-refractivity contribution is 6.60. The third-order valence-electron chi connectivity index (χ3n) is 2.36. The van der Waals surface area contributed by atoms with E-state index < -0.39 is 7.12 Å². The van der Waals surface area contributed by atoms with Crippen molar-refractivity contribution in [3.05, 3.63) is 48.5 Å². The normalized spacial score (nSPS) is 10.8. The van der Waals surface area contributed by atoms with E-state index in [2.05, 4.69) is 10.2 Å². The third kappa shape index (κ3) is 2.94. The zero-order chi connectivity index (χ0) is 13.0. The van der Waals surface area contributed by atoms with Gasteiger partial charge in [0.2, 0.25) is 0 Å². The molecule has 2 rings (SSSR count). The highest BCUT2D eigenvalue weighted by atomic mass is 16.4. The Morgan fingerprint density at radius 1 is 0.944 bits per heavy atom. The van der Waals surface area contributed by atoms with Crippen LogP contribution < -0.4 is 11.2 Å². The molecule has 5 nitrogen and oxygen atoms in total. The minimum absolute atomic E-state index is 0.231. The lowest BCUT2D eigenvalue weighted by atomic mass is 9.79. The molecule has 0 aliphatic carbocycles. The number of benzene rings is 2. The van der Waals surface area contributed by atoms with E-state index in [9.17, 15) is 10.0 Å². The molecule has 0 saturated carbocycles. The fraction of sp³-hybridized carbons (Fsp3) is 0. The first-order valence-corrected chi connectivity index (χ1v) is 5.39. The molecule has 90 valence electrons. The smallest absolute Gasteiger partial charge is 0.423 e. The Morgan fingerprint density at radius 2 is 1.67 bits per heavy atom. The van der Waals surface area contributed by atoms with Gasteiger partial charge < -0.3 is 15.8 Å². The van der Waals surface area contributed by atoms with E-state index in [-0.39, 0.29) is 5.46 Å². The Kier molecular flexibility index (Phi) is 3.71. The molecule has 0 saturated heterocycles. The van der Waals surface area contributed by atoms with Gasteiger partial charge in [-0.05, 0) is 30.3 Å². The maximum absolute atomic E-state index is 9.22. The molecule has 0 unspecified atom stereocenters. The summed E-state index contributed by atoms with van der Waals surface area (Å²) in [5.41, 5.74) is 7.32. The van der Waals surface area contributed by atoms with Gasteiger partial charge in [-0.1, -0.05) is 18.2 Å². The van der Waals surface area contributed by atoms with Crippen LogP contribution >= 0.6 is 0 Å². The van der Waals surface area contributed by atoms with Gasteiger partial charge in [0.25, 0.3) is 0 Å². The molecule has 6 heteroatoms. The van der Waals surface area contributed by atoms with Crippen LogP contribution in [0.4, 0.5) is 17.1 Å². The summed E-state index contributed by atoms with van der Waals surface area (Å²) in [6, 6.07) is 13.9. The predicted molar refractivity (Wildman–Crippen MR) is 71.3 cm³/mol. The molecule has 0 aromatic heterocycles. The van der Waals surface area contributed by atoms with Crippen molar-refractivity contribution in [2.24, 2.45) is 10.2 Å². The highest BCUT2D eigenvalue weighted by Crippen LogP contribution is 2.17. The van der Waals surface area contributed by atoms with Crippen molar-refractivity contribution in [3.63, 3.8) is 0 Å². The van der Waals surface area contributed by atoms with Gasteiger partial charge in [-0.25, -0.2) is 0 Å². The Labute approximate surface area is 105 Å². The number of nitrogen functional groups attached to an aromatic ring is 1. The fourth-order valence-corrected chi connectivity index (χ4v) is 1.48. The van der Waals surface area contributed by atoms with Gasteiger partial charge in [0.15, 0.2) is 0 Å². The molecular weight excluding hydrogens is 229 g/mol. The summed E-state index contributed by atoms with van der Waals surface area (Å²) in [5, 5.41) is 26.4. The molecule has 0 fully saturated rings. The van der Waals surface area contributed by atoms with Gasteiger partial charge in [0, 0.05) is 11.2 Å². The largest absolute Gasteiger partial charge is 0.490 e. The van der Waals surface area contributed by atoms with Gasteiger partial charge in [-0.2, -0.15) is 10.2 Å². The average molecular weight is 241 g/mol. The van der Waals surface area contributed by atoms with Crippen LogP contribution in [0.15, 0.2) is 58.8 Å². The van der Waals surface area contributed by atoms with E-state index >= 15 is 0 Å². The van der Waals surface area contributed by atoms with E-state index in [0.29, 0.717) is 17.1 Å². The zero-order valence-corrected chi connectivity index (χ0v) is 9.56. The summed E-state index contributed by atoms with van der Waals surface area (Å²) in [6.45, 7) is 0. The van der Waals surface area contributed by atoms with E-state index in [4.69, 9.17) is 5.73 Å². The molecule has 18 heavy (non-hydrogen) atoms. The number of nitrogens with two attached hydrogens (primary N) is 1. The van der Waals surface area contributed by atoms with Crippen LogP contribution in [0.25, 0.3) is 0 Å². The number of nitrogens with zero attached hydrogens (tertiary/aromatic N) is 2. The molecule has 0 aliphatic heterocycles. The van der Waals surface area contributed by atoms with Crippen LogP contribution in [0.5, 0.6) is 0 Å². The summed E-state index contributed by atoms with van der Waals surface area (Å²) in [6.07, 6.45) is 0. The summed E-state index contributed by atoms with van der Waals surface area (Å²) < 4.78 is 0. The first-order chi connectivity index (χ1) is 8.66. The molecule has 0 spiro atoms. The first kappa shape index (κ1) is 12.3. The second kappa shape index (κ2) is 5.44. The summed E-state index contributed by atoms with van der Waals surface area (Å²) in [5.74, 6) is 0. The SMILES string of the molecule is Nc1ccc(N=Nc2ccccc2)c(B(O)O)c1. The molecule has 0 amide bonds. The molecule has 2 aromatic carbocycles.